The van der Waals surface area contributed by atoms with E-state index in [-0.39, 0.29) is 6.61 Å². The van der Waals surface area contributed by atoms with Crippen molar-refractivity contribution in [3.8, 4) is 11.3 Å². The molecule has 1 heterocycles. The summed E-state index contributed by atoms with van der Waals surface area (Å²) in [6.07, 6.45) is 0. The first-order chi connectivity index (χ1) is 9.20. The SMILES string of the molecule is CC(C)N(CCO)Cc1cc(-c2ccccc2)no1. The van der Waals surface area contributed by atoms with Crippen molar-refractivity contribution in [3.63, 3.8) is 0 Å². The van der Waals surface area contributed by atoms with Gasteiger partial charge in [0.15, 0.2) is 5.76 Å². The second-order valence-electron chi connectivity index (χ2n) is 4.83. The molecular formula is C15H20N2O2. The van der Waals surface area contributed by atoms with Crippen molar-refractivity contribution in [1.82, 2.24) is 10.1 Å². The molecule has 0 radical (unpaired) electrons. The van der Waals surface area contributed by atoms with Gasteiger partial charge in [-0.1, -0.05) is 35.5 Å². The van der Waals surface area contributed by atoms with Crippen LogP contribution in [0.3, 0.4) is 0 Å². The van der Waals surface area contributed by atoms with E-state index < -0.39 is 0 Å². The van der Waals surface area contributed by atoms with Gasteiger partial charge in [-0.15, -0.1) is 0 Å². The van der Waals surface area contributed by atoms with E-state index in [2.05, 4.69) is 23.9 Å². The van der Waals surface area contributed by atoms with Crippen molar-refractivity contribution in [1.29, 1.82) is 0 Å². The van der Waals surface area contributed by atoms with Crippen LogP contribution in [0.15, 0.2) is 40.9 Å². The van der Waals surface area contributed by atoms with E-state index in [1.54, 1.807) is 0 Å². The Morgan fingerprint density at radius 2 is 2.00 bits per heavy atom. The highest BCUT2D eigenvalue weighted by Crippen LogP contribution is 2.19. The molecule has 0 fully saturated rings. The van der Waals surface area contributed by atoms with Gasteiger partial charge in [0.25, 0.3) is 0 Å². The number of rotatable bonds is 6. The molecule has 0 atom stereocenters. The molecule has 102 valence electrons. The highest BCUT2D eigenvalue weighted by Gasteiger charge is 2.13. The molecule has 19 heavy (non-hydrogen) atoms. The number of benzene rings is 1. The Hall–Kier alpha value is -1.65. The Kier molecular flexibility index (Phi) is 4.71. The summed E-state index contributed by atoms with van der Waals surface area (Å²) in [5.41, 5.74) is 1.90. The fourth-order valence-electron chi connectivity index (χ4n) is 1.98. The molecule has 2 aromatic rings. The van der Waals surface area contributed by atoms with Crippen LogP contribution in [0.25, 0.3) is 11.3 Å². The molecule has 0 saturated heterocycles. The minimum atomic E-state index is 0.151. The largest absolute Gasteiger partial charge is 0.395 e. The van der Waals surface area contributed by atoms with E-state index in [0.29, 0.717) is 19.1 Å². The molecule has 2 rings (SSSR count). The van der Waals surface area contributed by atoms with E-state index >= 15 is 0 Å². The maximum atomic E-state index is 9.06. The van der Waals surface area contributed by atoms with Gasteiger partial charge in [-0.05, 0) is 13.8 Å². The smallest absolute Gasteiger partial charge is 0.151 e. The molecule has 0 bridgehead atoms. The minimum absolute atomic E-state index is 0.151. The topological polar surface area (TPSA) is 49.5 Å². The van der Waals surface area contributed by atoms with Crippen LogP contribution in [-0.2, 0) is 6.54 Å². The van der Waals surface area contributed by atoms with Gasteiger partial charge in [-0.3, -0.25) is 4.90 Å². The summed E-state index contributed by atoms with van der Waals surface area (Å²) in [6, 6.07) is 12.3. The normalized spacial score (nSPS) is 11.4. The summed E-state index contributed by atoms with van der Waals surface area (Å²) >= 11 is 0. The van der Waals surface area contributed by atoms with E-state index in [4.69, 9.17) is 9.63 Å². The molecule has 0 aliphatic carbocycles. The maximum Gasteiger partial charge on any atom is 0.151 e. The zero-order valence-corrected chi connectivity index (χ0v) is 11.4. The second kappa shape index (κ2) is 6.50. The molecule has 1 aromatic heterocycles. The van der Waals surface area contributed by atoms with E-state index in [1.807, 2.05) is 36.4 Å². The number of aliphatic hydroxyl groups excluding tert-OH is 1. The molecule has 4 heteroatoms. The Bertz CT molecular complexity index is 494. The zero-order valence-electron chi connectivity index (χ0n) is 11.4. The van der Waals surface area contributed by atoms with E-state index in [1.165, 1.54) is 0 Å². The Morgan fingerprint density at radius 3 is 2.63 bits per heavy atom. The highest BCUT2D eigenvalue weighted by molar-refractivity contribution is 5.58. The monoisotopic (exact) mass is 260 g/mol. The van der Waals surface area contributed by atoms with Gasteiger partial charge in [0.05, 0.1) is 13.2 Å². The standard InChI is InChI=1S/C15H20N2O2/c1-12(2)17(8-9-18)11-14-10-15(16-19-14)13-6-4-3-5-7-13/h3-7,10,12,18H,8-9,11H2,1-2H3. The van der Waals surface area contributed by atoms with Gasteiger partial charge in [0.1, 0.15) is 5.69 Å². The summed E-state index contributed by atoms with van der Waals surface area (Å²) in [6.45, 7) is 5.66. The van der Waals surface area contributed by atoms with Crippen LogP contribution in [0.5, 0.6) is 0 Å². The average Bonchev–Trinajstić information content (AvgIpc) is 2.88. The lowest BCUT2D eigenvalue weighted by molar-refractivity contribution is 0.146. The third-order valence-electron chi connectivity index (χ3n) is 3.10. The van der Waals surface area contributed by atoms with Crippen molar-refractivity contribution in [2.24, 2.45) is 0 Å². The Morgan fingerprint density at radius 1 is 1.26 bits per heavy atom. The lowest BCUT2D eigenvalue weighted by atomic mass is 10.1. The first-order valence-corrected chi connectivity index (χ1v) is 6.56. The fraction of sp³-hybridized carbons (Fsp3) is 0.400. The van der Waals surface area contributed by atoms with E-state index in [9.17, 15) is 0 Å². The van der Waals surface area contributed by atoms with Gasteiger partial charge in [0, 0.05) is 24.2 Å². The highest BCUT2D eigenvalue weighted by atomic mass is 16.5. The van der Waals surface area contributed by atoms with Crippen molar-refractivity contribution in [2.75, 3.05) is 13.2 Å². The molecule has 0 unspecified atom stereocenters. The molecule has 0 aliphatic heterocycles. The summed E-state index contributed by atoms with van der Waals surface area (Å²) in [4.78, 5) is 2.15. The predicted molar refractivity (Wildman–Crippen MR) is 74.6 cm³/mol. The second-order valence-corrected chi connectivity index (χ2v) is 4.83. The molecule has 0 spiro atoms. The fourth-order valence-corrected chi connectivity index (χ4v) is 1.98. The van der Waals surface area contributed by atoms with Gasteiger partial charge >= 0.3 is 0 Å². The molecule has 1 aromatic carbocycles. The predicted octanol–water partition coefficient (Wildman–Crippen LogP) is 2.54. The van der Waals surface area contributed by atoms with Crippen LogP contribution in [0, 0.1) is 0 Å². The van der Waals surface area contributed by atoms with Crippen LogP contribution in [0.2, 0.25) is 0 Å². The number of nitrogens with zero attached hydrogens (tertiary/aromatic N) is 2. The molecule has 0 aliphatic rings. The van der Waals surface area contributed by atoms with Crippen molar-refractivity contribution >= 4 is 0 Å². The molecule has 0 saturated carbocycles. The quantitative estimate of drug-likeness (QED) is 0.867. The van der Waals surface area contributed by atoms with Crippen molar-refractivity contribution < 1.29 is 9.63 Å². The van der Waals surface area contributed by atoms with Crippen LogP contribution in [0.1, 0.15) is 19.6 Å². The molecule has 4 nitrogen and oxygen atoms in total. The first-order valence-electron chi connectivity index (χ1n) is 6.56. The maximum absolute atomic E-state index is 9.06. The Labute approximate surface area is 113 Å². The number of aromatic nitrogens is 1. The number of hydrogen-bond acceptors (Lipinski definition) is 4. The molecule has 1 N–H and O–H groups in total. The summed E-state index contributed by atoms with van der Waals surface area (Å²) in [5, 5.41) is 13.2. The van der Waals surface area contributed by atoms with Crippen LogP contribution < -0.4 is 0 Å². The minimum Gasteiger partial charge on any atom is -0.395 e. The van der Waals surface area contributed by atoms with Gasteiger partial charge < -0.3 is 9.63 Å². The number of hydrogen-bond donors (Lipinski definition) is 1. The summed E-state index contributed by atoms with van der Waals surface area (Å²) in [7, 11) is 0. The number of aliphatic hydroxyl groups is 1. The lowest BCUT2D eigenvalue weighted by Crippen LogP contribution is -2.32. The molecule has 0 amide bonds. The third kappa shape index (κ3) is 3.66. The van der Waals surface area contributed by atoms with Gasteiger partial charge in [0.2, 0.25) is 0 Å². The van der Waals surface area contributed by atoms with Crippen molar-refractivity contribution in [2.45, 2.75) is 26.4 Å². The molecular weight excluding hydrogens is 240 g/mol. The average molecular weight is 260 g/mol. The van der Waals surface area contributed by atoms with Crippen LogP contribution in [0.4, 0.5) is 0 Å². The zero-order chi connectivity index (χ0) is 13.7. The summed E-state index contributed by atoms with van der Waals surface area (Å²) in [5.74, 6) is 0.820. The van der Waals surface area contributed by atoms with E-state index in [0.717, 1.165) is 17.0 Å². The third-order valence-corrected chi connectivity index (χ3v) is 3.10. The van der Waals surface area contributed by atoms with Gasteiger partial charge in [-0.2, -0.15) is 0 Å². The van der Waals surface area contributed by atoms with Crippen LogP contribution >= 0.6 is 0 Å². The van der Waals surface area contributed by atoms with Crippen molar-refractivity contribution in [3.05, 3.63) is 42.2 Å². The first kappa shape index (κ1) is 13.8. The van der Waals surface area contributed by atoms with Gasteiger partial charge in [-0.25, -0.2) is 0 Å². The Balaban J connectivity index is 2.09. The summed E-state index contributed by atoms with van der Waals surface area (Å²) < 4.78 is 5.37. The van der Waals surface area contributed by atoms with Crippen LogP contribution in [-0.4, -0.2) is 34.4 Å². The lowest BCUT2D eigenvalue weighted by Gasteiger charge is -2.23.